The van der Waals surface area contributed by atoms with Crippen LogP contribution in [0, 0.1) is 0 Å². The van der Waals surface area contributed by atoms with Gasteiger partial charge in [-0.15, -0.1) is 0 Å². The van der Waals surface area contributed by atoms with Crippen LogP contribution in [0.5, 0.6) is 0 Å². The van der Waals surface area contributed by atoms with E-state index in [4.69, 9.17) is 34.8 Å². The molecule has 5 heteroatoms. The third-order valence-electron chi connectivity index (χ3n) is 2.46. The van der Waals surface area contributed by atoms with Crippen molar-refractivity contribution in [3.05, 3.63) is 45.3 Å². The molecule has 0 aliphatic heterocycles. The zero-order valence-electron chi connectivity index (χ0n) is 9.92. The number of rotatable bonds is 2. The van der Waals surface area contributed by atoms with Crippen LogP contribution >= 0.6 is 34.8 Å². The molecular formula is C13H11Cl3N2. The molecule has 0 saturated heterocycles. The predicted octanol–water partition coefficient (Wildman–Crippen LogP) is 5.23. The Bertz CT molecular complexity index is 582. The van der Waals surface area contributed by atoms with E-state index in [0.717, 1.165) is 5.56 Å². The van der Waals surface area contributed by atoms with Gasteiger partial charge in [0.25, 0.3) is 0 Å². The first-order valence-electron chi connectivity index (χ1n) is 5.48. The minimum absolute atomic E-state index is 0.195. The molecule has 0 aliphatic rings. The number of halogens is 3. The molecule has 1 heterocycles. The van der Waals surface area contributed by atoms with Gasteiger partial charge in [0.2, 0.25) is 0 Å². The van der Waals surface area contributed by atoms with Crippen LogP contribution < -0.4 is 0 Å². The van der Waals surface area contributed by atoms with E-state index in [9.17, 15) is 0 Å². The summed E-state index contributed by atoms with van der Waals surface area (Å²) in [4.78, 5) is 8.66. The summed E-state index contributed by atoms with van der Waals surface area (Å²) in [5.41, 5.74) is 1.45. The summed E-state index contributed by atoms with van der Waals surface area (Å²) in [6.45, 7) is 4.02. The fourth-order valence-corrected chi connectivity index (χ4v) is 2.12. The highest BCUT2D eigenvalue weighted by Crippen LogP contribution is 2.33. The number of aromatic nitrogens is 2. The zero-order chi connectivity index (χ0) is 13.3. The molecule has 94 valence electrons. The smallest absolute Gasteiger partial charge is 0.133 e. The summed E-state index contributed by atoms with van der Waals surface area (Å²) in [6.07, 6.45) is 0. The molecule has 1 aromatic carbocycles. The number of nitrogens with zero attached hydrogens (tertiary/aromatic N) is 2. The van der Waals surface area contributed by atoms with Gasteiger partial charge in [-0.2, -0.15) is 0 Å². The second-order valence-electron chi connectivity index (χ2n) is 4.19. The molecule has 0 N–H and O–H groups in total. The maximum Gasteiger partial charge on any atom is 0.133 e. The lowest BCUT2D eigenvalue weighted by atomic mass is 10.1. The van der Waals surface area contributed by atoms with Crippen molar-refractivity contribution >= 4 is 34.8 Å². The van der Waals surface area contributed by atoms with E-state index in [0.29, 0.717) is 26.7 Å². The van der Waals surface area contributed by atoms with Crippen LogP contribution in [0.15, 0.2) is 24.3 Å². The Balaban J connectivity index is 2.60. The summed E-state index contributed by atoms with van der Waals surface area (Å²) in [7, 11) is 0. The van der Waals surface area contributed by atoms with Crippen molar-refractivity contribution in [2.75, 3.05) is 0 Å². The van der Waals surface area contributed by atoms with Gasteiger partial charge in [0, 0.05) is 17.5 Å². The maximum atomic E-state index is 6.18. The van der Waals surface area contributed by atoms with Gasteiger partial charge in [0.05, 0.1) is 15.7 Å². The molecule has 2 nitrogen and oxygen atoms in total. The zero-order valence-corrected chi connectivity index (χ0v) is 12.2. The van der Waals surface area contributed by atoms with Gasteiger partial charge in [0.15, 0.2) is 0 Å². The van der Waals surface area contributed by atoms with Crippen molar-refractivity contribution in [1.82, 2.24) is 9.97 Å². The van der Waals surface area contributed by atoms with E-state index in [1.807, 2.05) is 26.0 Å². The SMILES string of the molecule is CC(C)c1nc(Cl)cc(-c2cccc(Cl)c2Cl)n1. The molecular weight excluding hydrogens is 291 g/mol. The van der Waals surface area contributed by atoms with Crippen LogP contribution in [-0.4, -0.2) is 9.97 Å². The lowest BCUT2D eigenvalue weighted by molar-refractivity contribution is 0.776. The molecule has 0 unspecified atom stereocenters. The molecule has 18 heavy (non-hydrogen) atoms. The second-order valence-corrected chi connectivity index (χ2v) is 5.36. The molecule has 2 aromatic rings. The fourth-order valence-electron chi connectivity index (χ4n) is 1.53. The molecule has 0 aliphatic carbocycles. The Morgan fingerprint density at radius 3 is 2.44 bits per heavy atom. The Morgan fingerprint density at radius 2 is 1.78 bits per heavy atom. The normalized spacial score (nSPS) is 11.0. The van der Waals surface area contributed by atoms with E-state index < -0.39 is 0 Å². The number of benzene rings is 1. The van der Waals surface area contributed by atoms with Crippen LogP contribution in [0.2, 0.25) is 15.2 Å². The monoisotopic (exact) mass is 300 g/mol. The fraction of sp³-hybridized carbons (Fsp3) is 0.231. The topological polar surface area (TPSA) is 25.8 Å². The third kappa shape index (κ3) is 2.77. The summed E-state index contributed by atoms with van der Waals surface area (Å²) in [5.74, 6) is 0.883. The quantitative estimate of drug-likeness (QED) is 0.710. The third-order valence-corrected chi connectivity index (χ3v) is 3.47. The molecule has 0 spiro atoms. The molecule has 2 rings (SSSR count). The van der Waals surface area contributed by atoms with Gasteiger partial charge in [-0.3, -0.25) is 0 Å². The van der Waals surface area contributed by atoms with Crippen LogP contribution in [0.1, 0.15) is 25.6 Å². The van der Waals surface area contributed by atoms with Gasteiger partial charge in [-0.25, -0.2) is 9.97 Å². The van der Waals surface area contributed by atoms with E-state index in [2.05, 4.69) is 9.97 Å². The Morgan fingerprint density at radius 1 is 1.06 bits per heavy atom. The van der Waals surface area contributed by atoms with E-state index in [-0.39, 0.29) is 5.92 Å². The van der Waals surface area contributed by atoms with Crippen molar-refractivity contribution in [3.63, 3.8) is 0 Å². The molecule has 0 saturated carbocycles. The Kier molecular flexibility index (Phi) is 4.10. The summed E-state index contributed by atoms with van der Waals surface area (Å²) < 4.78 is 0. The Hall–Kier alpha value is -0.830. The highest BCUT2D eigenvalue weighted by Gasteiger charge is 2.12. The van der Waals surface area contributed by atoms with E-state index >= 15 is 0 Å². The minimum atomic E-state index is 0.195. The highest BCUT2D eigenvalue weighted by atomic mass is 35.5. The molecule has 0 atom stereocenters. The minimum Gasteiger partial charge on any atom is -0.232 e. The Labute approximate surface area is 121 Å². The maximum absolute atomic E-state index is 6.18. The van der Waals surface area contributed by atoms with Crippen molar-refractivity contribution in [2.45, 2.75) is 19.8 Å². The number of hydrogen-bond acceptors (Lipinski definition) is 2. The average molecular weight is 302 g/mol. The van der Waals surface area contributed by atoms with E-state index in [1.54, 1.807) is 12.1 Å². The first-order valence-corrected chi connectivity index (χ1v) is 6.61. The molecule has 0 bridgehead atoms. The van der Waals surface area contributed by atoms with Crippen LogP contribution in [0.3, 0.4) is 0 Å². The highest BCUT2D eigenvalue weighted by molar-refractivity contribution is 6.43. The number of hydrogen-bond donors (Lipinski definition) is 0. The molecule has 1 aromatic heterocycles. The van der Waals surface area contributed by atoms with Crippen LogP contribution in [0.25, 0.3) is 11.3 Å². The largest absolute Gasteiger partial charge is 0.232 e. The summed E-state index contributed by atoms with van der Waals surface area (Å²) >= 11 is 18.2. The average Bonchev–Trinajstić information content (AvgIpc) is 2.31. The lowest BCUT2D eigenvalue weighted by Crippen LogP contribution is -1.99. The summed E-state index contributed by atoms with van der Waals surface area (Å²) in [5, 5.41) is 1.37. The second kappa shape index (κ2) is 5.43. The van der Waals surface area contributed by atoms with Crippen molar-refractivity contribution in [2.24, 2.45) is 0 Å². The first kappa shape index (κ1) is 13.6. The molecule has 0 radical (unpaired) electrons. The van der Waals surface area contributed by atoms with Gasteiger partial charge < -0.3 is 0 Å². The van der Waals surface area contributed by atoms with Crippen molar-refractivity contribution in [1.29, 1.82) is 0 Å². The van der Waals surface area contributed by atoms with Gasteiger partial charge >= 0.3 is 0 Å². The van der Waals surface area contributed by atoms with Crippen molar-refractivity contribution < 1.29 is 0 Å². The van der Waals surface area contributed by atoms with Crippen LogP contribution in [0.4, 0.5) is 0 Å². The molecule has 0 fully saturated rings. The van der Waals surface area contributed by atoms with E-state index in [1.165, 1.54) is 0 Å². The lowest BCUT2D eigenvalue weighted by Gasteiger charge is -2.09. The van der Waals surface area contributed by atoms with Gasteiger partial charge in [0.1, 0.15) is 11.0 Å². The first-order chi connectivity index (χ1) is 8.49. The van der Waals surface area contributed by atoms with Gasteiger partial charge in [-0.05, 0) is 6.07 Å². The standard InChI is InChI=1S/C13H11Cl3N2/c1-7(2)13-17-10(6-11(15)18-13)8-4-3-5-9(14)12(8)16/h3-7H,1-2H3. The van der Waals surface area contributed by atoms with Gasteiger partial charge in [-0.1, -0.05) is 60.8 Å². The molecule has 0 amide bonds. The van der Waals surface area contributed by atoms with Crippen LogP contribution in [-0.2, 0) is 0 Å². The predicted molar refractivity (Wildman–Crippen MR) is 76.6 cm³/mol. The summed E-state index contributed by atoms with van der Waals surface area (Å²) in [6, 6.07) is 7.11. The van der Waals surface area contributed by atoms with Crippen molar-refractivity contribution in [3.8, 4) is 11.3 Å².